The van der Waals surface area contributed by atoms with Crippen molar-refractivity contribution in [1.29, 1.82) is 0 Å². The number of rotatable bonds is 9. The lowest BCUT2D eigenvalue weighted by Gasteiger charge is -2.36. The van der Waals surface area contributed by atoms with Crippen LogP contribution in [0, 0.1) is 11.8 Å². The Bertz CT molecular complexity index is 1460. The molecule has 1 aliphatic heterocycles. The molecular formula is C35H37NO5. The molecule has 0 radical (unpaired) electrons. The third-order valence-electron chi connectivity index (χ3n) is 7.76. The Balaban J connectivity index is 1.52. The molecule has 1 aliphatic carbocycles. The number of methoxy groups -OCH3 is 1. The van der Waals surface area contributed by atoms with Crippen LogP contribution in [0.25, 0.3) is 0 Å². The standard InChI is InChI=1S/C35H37NO5/c1-22(2)20-41-35(38)32-23(3)36-28-17-27(25-13-9-6-10-14-25)18-29(37)34(28)33(32)26-15-16-30(31(19-26)39-4)40-21-24-11-7-5-8-12-24/h5-16,19,22,27,32-33H,17-18,20-21H2,1-4H3/t27-,32?,33-/m1/s1. The number of hydrogen-bond donors (Lipinski definition) is 0. The van der Waals surface area contributed by atoms with Gasteiger partial charge >= 0.3 is 5.97 Å². The highest BCUT2D eigenvalue weighted by atomic mass is 16.5. The number of benzene rings is 3. The van der Waals surface area contributed by atoms with Crippen LogP contribution < -0.4 is 9.47 Å². The number of carbonyl (C=O) groups excluding carboxylic acids is 2. The normalized spacial score (nSPS) is 20.4. The molecule has 212 valence electrons. The highest BCUT2D eigenvalue weighted by molar-refractivity contribution is 6.09. The third kappa shape index (κ3) is 6.27. The Morgan fingerprint density at radius 3 is 2.32 bits per heavy atom. The van der Waals surface area contributed by atoms with Crippen LogP contribution in [0.5, 0.6) is 11.5 Å². The molecule has 6 nitrogen and oxygen atoms in total. The van der Waals surface area contributed by atoms with E-state index in [1.165, 1.54) is 0 Å². The van der Waals surface area contributed by atoms with Gasteiger partial charge in [0.2, 0.25) is 0 Å². The van der Waals surface area contributed by atoms with Gasteiger partial charge in [-0.1, -0.05) is 80.6 Å². The summed E-state index contributed by atoms with van der Waals surface area (Å²) in [5.41, 5.74) is 4.99. The minimum Gasteiger partial charge on any atom is -0.493 e. The number of carbonyl (C=O) groups is 2. The number of nitrogens with zero attached hydrogens (tertiary/aromatic N) is 1. The van der Waals surface area contributed by atoms with Crippen molar-refractivity contribution in [2.24, 2.45) is 16.8 Å². The molecule has 6 heteroatoms. The minimum atomic E-state index is -0.703. The van der Waals surface area contributed by atoms with E-state index in [1.807, 2.05) is 87.5 Å². The fourth-order valence-electron chi connectivity index (χ4n) is 5.76. The first kappa shape index (κ1) is 28.3. The Kier molecular flexibility index (Phi) is 8.67. The predicted molar refractivity (Wildman–Crippen MR) is 159 cm³/mol. The molecule has 0 N–H and O–H groups in total. The molecule has 41 heavy (non-hydrogen) atoms. The molecule has 1 unspecified atom stereocenters. The summed E-state index contributed by atoms with van der Waals surface area (Å²) in [5.74, 6) is -0.197. The average Bonchev–Trinajstić information content (AvgIpc) is 2.99. The van der Waals surface area contributed by atoms with Gasteiger partial charge in [0, 0.05) is 29.3 Å². The van der Waals surface area contributed by atoms with E-state index in [0.29, 0.717) is 48.8 Å². The van der Waals surface area contributed by atoms with Crippen molar-refractivity contribution in [3.8, 4) is 11.5 Å². The van der Waals surface area contributed by atoms with E-state index in [1.54, 1.807) is 7.11 Å². The maximum atomic E-state index is 13.9. The molecule has 0 fully saturated rings. The van der Waals surface area contributed by atoms with E-state index >= 15 is 0 Å². The second-order valence-electron chi connectivity index (χ2n) is 11.2. The number of esters is 1. The summed E-state index contributed by atoms with van der Waals surface area (Å²) >= 11 is 0. The van der Waals surface area contributed by atoms with Crippen LogP contribution >= 0.6 is 0 Å². The average molecular weight is 552 g/mol. The van der Waals surface area contributed by atoms with Crippen molar-refractivity contribution >= 4 is 17.5 Å². The molecule has 3 aromatic rings. The van der Waals surface area contributed by atoms with Crippen LogP contribution in [0.1, 0.15) is 62.1 Å². The summed E-state index contributed by atoms with van der Waals surface area (Å²) in [5, 5.41) is 0. The van der Waals surface area contributed by atoms with Crippen molar-refractivity contribution in [2.45, 2.75) is 52.1 Å². The first-order valence-corrected chi connectivity index (χ1v) is 14.2. The van der Waals surface area contributed by atoms with Crippen LogP contribution in [0.2, 0.25) is 0 Å². The lowest BCUT2D eigenvalue weighted by Crippen LogP contribution is -2.38. The maximum absolute atomic E-state index is 13.9. The van der Waals surface area contributed by atoms with Crippen molar-refractivity contribution < 1.29 is 23.8 Å². The smallest absolute Gasteiger partial charge is 0.315 e. The van der Waals surface area contributed by atoms with E-state index in [9.17, 15) is 9.59 Å². The van der Waals surface area contributed by atoms with E-state index in [4.69, 9.17) is 19.2 Å². The molecule has 0 aromatic heterocycles. The maximum Gasteiger partial charge on any atom is 0.315 e. The number of hydrogen-bond acceptors (Lipinski definition) is 6. The van der Waals surface area contributed by atoms with E-state index in [2.05, 4.69) is 12.1 Å². The second kappa shape index (κ2) is 12.5. The van der Waals surface area contributed by atoms with E-state index in [0.717, 1.165) is 22.4 Å². The number of aliphatic imine (C=N–C) groups is 1. The quantitative estimate of drug-likeness (QED) is 0.267. The van der Waals surface area contributed by atoms with Crippen molar-refractivity contribution in [1.82, 2.24) is 0 Å². The highest BCUT2D eigenvalue weighted by Crippen LogP contribution is 2.48. The zero-order valence-electron chi connectivity index (χ0n) is 24.1. The van der Waals surface area contributed by atoms with E-state index in [-0.39, 0.29) is 23.6 Å². The number of ether oxygens (including phenoxy) is 3. The molecule has 0 saturated heterocycles. The molecule has 0 amide bonds. The fourth-order valence-corrected chi connectivity index (χ4v) is 5.76. The van der Waals surface area contributed by atoms with Crippen LogP contribution in [0.4, 0.5) is 0 Å². The lowest BCUT2D eigenvalue weighted by atomic mass is 9.69. The molecule has 0 spiro atoms. The van der Waals surface area contributed by atoms with Gasteiger partial charge in [0.25, 0.3) is 0 Å². The van der Waals surface area contributed by atoms with Crippen LogP contribution in [-0.4, -0.2) is 31.2 Å². The Morgan fingerprint density at radius 2 is 1.63 bits per heavy atom. The van der Waals surface area contributed by atoms with Crippen LogP contribution in [0.3, 0.4) is 0 Å². The summed E-state index contributed by atoms with van der Waals surface area (Å²) in [6.07, 6.45) is 1.01. The molecule has 3 atom stereocenters. The predicted octanol–water partition coefficient (Wildman–Crippen LogP) is 7.05. The molecule has 3 aromatic carbocycles. The van der Waals surface area contributed by atoms with Gasteiger partial charge in [-0.3, -0.25) is 14.6 Å². The molecule has 0 saturated carbocycles. The zero-order valence-corrected chi connectivity index (χ0v) is 24.1. The Hall–Kier alpha value is -4.19. The molecule has 1 heterocycles. The largest absolute Gasteiger partial charge is 0.493 e. The zero-order chi connectivity index (χ0) is 28.9. The second-order valence-corrected chi connectivity index (χ2v) is 11.2. The molecule has 5 rings (SSSR count). The van der Waals surface area contributed by atoms with Gasteiger partial charge in [0.1, 0.15) is 12.5 Å². The Morgan fingerprint density at radius 1 is 0.927 bits per heavy atom. The number of allylic oxidation sites excluding steroid dienone is 2. The third-order valence-corrected chi connectivity index (χ3v) is 7.76. The number of ketones is 1. The van der Waals surface area contributed by atoms with Gasteiger partial charge in [-0.15, -0.1) is 0 Å². The van der Waals surface area contributed by atoms with Gasteiger partial charge in [-0.2, -0.15) is 0 Å². The first-order valence-electron chi connectivity index (χ1n) is 14.2. The van der Waals surface area contributed by atoms with Gasteiger partial charge in [-0.25, -0.2) is 0 Å². The first-order chi connectivity index (χ1) is 19.9. The van der Waals surface area contributed by atoms with Crippen LogP contribution in [-0.2, 0) is 20.9 Å². The minimum absolute atomic E-state index is 0.0198. The van der Waals surface area contributed by atoms with Crippen molar-refractivity contribution in [2.75, 3.05) is 13.7 Å². The Labute approximate surface area is 242 Å². The van der Waals surface area contributed by atoms with E-state index < -0.39 is 11.8 Å². The van der Waals surface area contributed by atoms with Gasteiger partial charge in [0.15, 0.2) is 17.3 Å². The number of Topliss-reactive ketones (excluding diaryl/α,β-unsaturated/α-hetero) is 1. The molecule has 2 aliphatic rings. The summed E-state index contributed by atoms with van der Waals surface area (Å²) in [4.78, 5) is 32.3. The summed E-state index contributed by atoms with van der Waals surface area (Å²) in [6, 6.07) is 25.7. The van der Waals surface area contributed by atoms with Gasteiger partial charge in [0.05, 0.1) is 13.7 Å². The van der Waals surface area contributed by atoms with Gasteiger partial charge in [-0.05, 0) is 54.0 Å². The highest BCUT2D eigenvalue weighted by Gasteiger charge is 2.45. The topological polar surface area (TPSA) is 74.2 Å². The monoisotopic (exact) mass is 551 g/mol. The molecule has 0 bridgehead atoms. The van der Waals surface area contributed by atoms with Crippen molar-refractivity contribution in [3.63, 3.8) is 0 Å². The van der Waals surface area contributed by atoms with Crippen molar-refractivity contribution in [3.05, 3.63) is 107 Å². The summed E-state index contributed by atoms with van der Waals surface area (Å²) in [7, 11) is 1.59. The van der Waals surface area contributed by atoms with Gasteiger partial charge < -0.3 is 14.2 Å². The summed E-state index contributed by atoms with van der Waals surface area (Å²) in [6.45, 7) is 6.57. The summed E-state index contributed by atoms with van der Waals surface area (Å²) < 4.78 is 17.5. The molecular weight excluding hydrogens is 514 g/mol. The SMILES string of the molecule is COc1cc([C@H]2C3=C(C[C@@H](c4ccccc4)CC3=O)N=C(C)C2C(=O)OCC(C)C)ccc1OCc1ccccc1. The fraction of sp³-hybridized carbons (Fsp3) is 0.343. The lowest BCUT2D eigenvalue weighted by molar-refractivity contribution is -0.147. The van der Waals surface area contributed by atoms with Crippen LogP contribution in [0.15, 0.2) is 95.1 Å².